The number of carbonyl (C=O) groups is 1. The third-order valence-corrected chi connectivity index (χ3v) is 5.39. The quantitative estimate of drug-likeness (QED) is 0.338. The third kappa shape index (κ3) is 7.18. The molecule has 0 aliphatic heterocycles. The van der Waals surface area contributed by atoms with Crippen LogP contribution in [0.5, 0.6) is 0 Å². The number of nitrogens with one attached hydrogen (secondary N) is 1. The molecule has 0 radical (unpaired) electrons. The van der Waals surface area contributed by atoms with Crippen molar-refractivity contribution in [1.82, 2.24) is 15.3 Å². The Morgan fingerprint density at radius 3 is 2.19 bits per heavy atom. The summed E-state index contributed by atoms with van der Waals surface area (Å²) >= 11 is 1.74. The number of hydrogen-bond acceptors (Lipinski definition) is 6. The van der Waals surface area contributed by atoms with Crippen LogP contribution < -0.4 is 5.32 Å². The van der Waals surface area contributed by atoms with E-state index in [0.717, 1.165) is 22.0 Å². The fourth-order valence-electron chi connectivity index (χ4n) is 2.67. The van der Waals surface area contributed by atoms with Crippen LogP contribution in [0, 0.1) is 0 Å². The summed E-state index contributed by atoms with van der Waals surface area (Å²) in [7, 11) is 1.92. The lowest BCUT2D eigenvalue weighted by atomic mass is 10.2. The van der Waals surface area contributed by atoms with E-state index >= 15 is 0 Å². The number of carbonyl (C=O) groups excluding carboxylic acids is 1. The molecule has 0 fully saturated rings. The van der Waals surface area contributed by atoms with Gasteiger partial charge in [0, 0.05) is 18.4 Å². The molecule has 1 aromatic heterocycles. The van der Waals surface area contributed by atoms with Gasteiger partial charge in [-0.15, -0.1) is 11.8 Å². The zero-order chi connectivity index (χ0) is 23.2. The average molecular weight is 443 g/mol. The van der Waals surface area contributed by atoms with Gasteiger partial charge in [-0.25, -0.2) is 4.98 Å². The number of aliphatic imine (C=N–C) groups is 1. The summed E-state index contributed by atoms with van der Waals surface area (Å²) < 4.78 is 0. The molecule has 3 rings (SSSR count). The minimum atomic E-state index is 0.301. The number of rotatable bonds is 9. The predicted molar refractivity (Wildman–Crippen MR) is 137 cm³/mol. The third-order valence-electron chi connectivity index (χ3n) is 4.23. The Labute approximate surface area is 193 Å². The molecule has 0 aliphatic carbocycles. The van der Waals surface area contributed by atoms with E-state index in [2.05, 4.69) is 64.4 Å². The van der Waals surface area contributed by atoms with E-state index in [9.17, 15) is 4.79 Å². The Bertz CT molecular complexity index is 1080. The first-order chi connectivity index (χ1) is 15.7. The number of benzene rings is 2. The molecule has 0 bridgehead atoms. The van der Waals surface area contributed by atoms with Crippen LogP contribution in [0.1, 0.15) is 33.0 Å². The Morgan fingerprint density at radius 2 is 1.66 bits per heavy atom. The molecule has 0 unspecified atom stereocenters. The van der Waals surface area contributed by atoms with Gasteiger partial charge in [-0.1, -0.05) is 73.8 Å². The van der Waals surface area contributed by atoms with Crippen LogP contribution >= 0.6 is 11.8 Å². The highest BCUT2D eigenvalue weighted by Crippen LogP contribution is 2.28. The van der Waals surface area contributed by atoms with Crippen molar-refractivity contribution in [3.8, 4) is 0 Å². The van der Waals surface area contributed by atoms with Crippen molar-refractivity contribution >= 4 is 42.6 Å². The number of aromatic nitrogens is 2. The van der Waals surface area contributed by atoms with Gasteiger partial charge in [-0.05, 0) is 24.4 Å². The van der Waals surface area contributed by atoms with Gasteiger partial charge in [-0.3, -0.25) is 14.8 Å². The molecule has 0 saturated carbocycles. The van der Waals surface area contributed by atoms with E-state index in [0.29, 0.717) is 23.4 Å². The van der Waals surface area contributed by atoms with Crippen LogP contribution in [0.25, 0.3) is 17.8 Å². The van der Waals surface area contributed by atoms with Crippen molar-refractivity contribution in [2.24, 2.45) is 4.99 Å². The van der Waals surface area contributed by atoms with E-state index in [4.69, 9.17) is 0 Å². The van der Waals surface area contributed by atoms with Gasteiger partial charge in [0.2, 0.25) is 0 Å². The molecule has 32 heavy (non-hydrogen) atoms. The summed E-state index contributed by atoms with van der Waals surface area (Å²) in [4.78, 5) is 22.4. The lowest BCUT2D eigenvalue weighted by Crippen LogP contribution is -2.05. The second-order valence-electron chi connectivity index (χ2n) is 6.32. The summed E-state index contributed by atoms with van der Waals surface area (Å²) in [6.45, 7) is 10.8. The van der Waals surface area contributed by atoms with Gasteiger partial charge in [0.05, 0.1) is 28.3 Å². The second-order valence-corrected chi connectivity index (χ2v) is 7.30. The molecular weight excluding hydrogens is 416 g/mol. The van der Waals surface area contributed by atoms with E-state index in [-0.39, 0.29) is 0 Å². The van der Waals surface area contributed by atoms with Gasteiger partial charge in [0.25, 0.3) is 0 Å². The van der Waals surface area contributed by atoms with Crippen LogP contribution in [0.3, 0.4) is 0 Å². The van der Waals surface area contributed by atoms with Crippen molar-refractivity contribution in [2.75, 3.05) is 7.05 Å². The largest absolute Gasteiger partial charge is 0.381 e. The standard InChI is InChI=1S/C17H18N2S.C9H8N2O/c1-18-16(15-11-7-4-8-12-15)17(19-2)20-13-14-9-5-3-6-10-14;1-3-8-9(4-2)11-7(6-12)5-10-8/h3-12,19H,1,13H2,2H3;3-6H,1-2H2/b17-16-;. The molecule has 2 aromatic carbocycles. The van der Waals surface area contributed by atoms with Crippen molar-refractivity contribution in [2.45, 2.75) is 5.75 Å². The summed E-state index contributed by atoms with van der Waals surface area (Å²) in [6.07, 6.45) is 5.15. The first kappa shape index (κ1) is 24.5. The summed E-state index contributed by atoms with van der Waals surface area (Å²) in [5.41, 5.74) is 4.78. The Balaban J connectivity index is 0.000000258. The Morgan fingerprint density at radius 1 is 1.03 bits per heavy atom. The van der Waals surface area contributed by atoms with Gasteiger partial charge < -0.3 is 5.32 Å². The summed E-state index contributed by atoms with van der Waals surface area (Å²) in [6, 6.07) is 20.5. The van der Waals surface area contributed by atoms with Crippen LogP contribution in [0.4, 0.5) is 0 Å². The molecule has 1 heterocycles. The first-order valence-corrected chi connectivity index (χ1v) is 10.8. The predicted octanol–water partition coefficient (Wildman–Crippen LogP) is 5.74. The molecule has 6 heteroatoms. The molecule has 0 amide bonds. The lowest BCUT2D eigenvalue weighted by molar-refractivity contribution is 0.111. The number of hydrogen-bond donors (Lipinski definition) is 1. The van der Waals surface area contributed by atoms with Crippen LogP contribution in [0.15, 0.2) is 90.0 Å². The summed E-state index contributed by atoms with van der Waals surface area (Å²) in [5, 5.41) is 4.27. The van der Waals surface area contributed by atoms with Gasteiger partial charge in [-0.2, -0.15) is 0 Å². The monoisotopic (exact) mass is 442 g/mol. The van der Waals surface area contributed by atoms with Gasteiger partial charge >= 0.3 is 0 Å². The molecule has 0 aliphatic rings. The molecule has 5 nitrogen and oxygen atoms in total. The molecule has 1 N–H and O–H groups in total. The number of thioether (sulfide) groups is 1. The molecule has 0 saturated heterocycles. The zero-order valence-electron chi connectivity index (χ0n) is 18.1. The Hall–Kier alpha value is -3.77. The highest BCUT2D eigenvalue weighted by atomic mass is 32.2. The summed E-state index contributed by atoms with van der Waals surface area (Å²) in [5.74, 6) is 0.906. The van der Waals surface area contributed by atoms with Gasteiger partial charge in [0.1, 0.15) is 5.69 Å². The smallest absolute Gasteiger partial charge is 0.170 e. The minimum Gasteiger partial charge on any atom is -0.381 e. The highest BCUT2D eigenvalue weighted by molar-refractivity contribution is 8.02. The Kier molecular flexibility index (Phi) is 10.3. The average Bonchev–Trinajstić information content (AvgIpc) is 2.87. The zero-order valence-corrected chi connectivity index (χ0v) is 18.9. The maximum absolute atomic E-state index is 10.3. The molecular formula is C26H26N4OS. The van der Waals surface area contributed by atoms with Crippen LogP contribution in [0.2, 0.25) is 0 Å². The van der Waals surface area contributed by atoms with Crippen LogP contribution in [-0.2, 0) is 5.75 Å². The maximum atomic E-state index is 10.3. The van der Waals surface area contributed by atoms with Crippen molar-refractivity contribution in [1.29, 1.82) is 0 Å². The number of aldehydes is 1. The topological polar surface area (TPSA) is 67.2 Å². The molecule has 3 aromatic rings. The highest BCUT2D eigenvalue weighted by Gasteiger charge is 2.07. The van der Waals surface area contributed by atoms with Crippen LogP contribution in [-0.4, -0.2) is 30.0 Å². The number of nitrogens with zero attached hydrogens (tertiary/aromatic N) is 3. The lowest BCUT2D eigenvalue weighted by Gasteiger charge is -2.11. The SMILES string of the molecule is C=Cc1ncc(C=O)nc1C=C.C=N/C(=C(/NC)SCc1ccccc1)c1ccccc1. The molecule has 162 valence electrons. The molecule has 0 spiro atoms. The fraction of sp³-hybridized carbons (Fsp3) is 0.0769. The minimum absolute atomic E-state index is 0.301. The van der Waals surface area contributed by atoms with E-state index in [1.165, 1.54) is 17.8 Å². The second kappa shape index (κ2) is 13.5. The first-order valence-electron chi connectivity index (χ1n) is 9.84. The van der Waals surface area contributed by atoms with E-state index in [1.54, 1.807) is 17.8 Å². The maximum Gasteiger partial charge on any atom is 0.170 e. The fourth-order valence-corrected chi connectivity index (χ4v) is 3.64. The van der Waals surface area contributed by atoms with Crippen molar-refractivity contribution in [3.05, 3.63) is 113 Å². The van der Waals surface area contributed by atoms with Crippen molar-refractivity contribution < 1.29 is 4.79 Å². The van der Waals surface area contributed by atoms with Crippen molar-refractivity contribution in [3.63, 3.8) is 0 Å². The molecule has 0 atom stereocenters. The van der Waals surface area contributed by atoms with E-state index < -0.39 is 0 Å². The normalized spacial score (nSPS) is 10.7. The van der Waals surface area contributed by atoms with E-state index in [1.807, 2.05) is 43.4 Å². The van der Waals surface area contributed by atoms with Gasteiger partial charge in [0.15, 0.2) is 6.29 Å².